The Kier molecular flexibility index (Phi) is 4.20. The van der Waals surface area contributed by atoms with E-state index in [2.05, 4.69) is 0 Å². The van der Waals surface area contributed by atoms with Gasteiger partial charge in [-0.1, -0.05) is 23.7 Å². The molecule has 0 fully saturated rings. The number of rotatable bonds is 4. The lowest BCUT2D eigenvalue weighted by Gasteiger charge is -2.09. The summed E-state index contributed by atoms with van der Waals surface area (Å²) in [4.78, 5) is 10.1. The molecule has 4 nitrogen and oxygen atoms in total. The Balaban J connectivity index is 2.15. The summed E-state index contributed by atoms with van der Waals surface area (Å²) in [7, 11) is 0. The molecule has 20 heavy (non-hydrogen) atoms. The first-order valence-electron chi connectivity index (χ1n) is 5.80. The summed E-state index contributed by atoms with van der Waals surface area (Å²) in [6, 6.07) is 8.91. The Bertz CT molecular complexity index is 661. The highest BCUT2D eigenvalue weighted by Crippen LogP contribution is 2.25. The van der Waals surface area contributed by atoms with Gasteiger partial charge in [0.1, 0.15) is 6.61 Å². The minimum atomic E-state index is -0.531. The number of hydrogen-bond acceptors (Lipinski definition) is 3. The van der Waals surface area contributed by atoms with E-state index in [0.717, 1.165) is 0 Å². The molecule has 6 heteroatoms. The SMILES string of the molecule is Cc1cccc(OCc2ccc([N+](=O)[O-])cc2Cl)c1F. The smallest absolute Gasteiger partial charge is 0.270 e. The van der Waals surface area contributed by atoms with Gasteiger partial charge in [-0.15, -0.1) is 0 Å². The Morgan fingerprint density at radius 1 is 1.35 bits per heavy atom. The first-order valence-corrected chi connectivity index (χ1v) is 6.17. The van der Waals surface area contributed by atoms with Crippen LogP contribution in [-0.4, -0.2) is 4.92 Å². The summed E-state index contributed by atoms with van der Waals surface area (Å²) in [6.07, 6.45) is 0. The topological polar surface area (TPSA) is 52.4 Å². The molecule has 2 aromatic carbocycles. The van der Waals surface area contributed by atoms with Crippen LogP contribution < -0.4 is 4.74 Å². The monoisotopic (exact) mass is 295 g/mol. The molecule has 0 N–H and O–H groups in total. The molecule has 0 heterocycles. The van der Waals surface area contributed by atoms with E-state index in [1.165, 1.54) is 24.3 Å². The number of nitrogens with zero attached hydrogens (tertiary/aromatic N) is 1. The summed E-state index contributed by atoms with van der Waals surface area (Å²) < 4.78 is 19.1. The van der Waals surface area contributed by atoms with Crippen LogP contribution in [0.2, 0.25) is 5.02 Å². The zero-order chi connectivity index (χ0) is 14.7. The van der Waals surface area contributed by atoms with E-state index in [1.54, 1.807) is 19.1 Å². The van der Waals surface area contributed by atoms with Crippen LogP contribution >= 0.6 is 11.6 Å². The lowest BCUT2D eigenvalue weighted by atomic mass is 10.2. The second-order valence-corrected chi connectivity index (χ2v) is 4.62. The summed E-state index contributed by atoms with van der Waals surface area (Å²) in [6.45, 7) is 1.68. The summed E-state index contributed by atoms with van der Waals surface area (Å²) in [5, 5.41) is 10.8. The molecule has 0 unspecified atom stereocenters. The number of benzene rings is 2. The molecule has 0 aliphatic heterocycles. The molecule has 0 saturated heterocycles. The second-order valence-electron chi connectivity index (χ2n) is 4.21. The van der Waals surface area contributed by atoms with Crippen molar-refractivity contribution >= 4 is 17.3 Å². The van der Waals surface area contributed by atoms with E-state index in [-0.39, 0.29) is 23.1 Å². The summed E-state index contributed by atoms with van der Waals surface area (Å²) in [5.41, 5.74) is 0.941. The van der Waals surface area contributed by atoms with Crippen LogP contribution in [0.3, 0.4) is 0 Å². The summed E-state index contributed by atoms with van der Waals surface area (Å²) >= 11 is 5.93. The Hall–Kier alpha value is -2.14. The molecule has 0 amide bonds. The molecule has 0 saturated carbocycles. The molecular formula is C14H11ClFNO3. The number of ether oxygens (including phenoxy) is 1. The van der Waals surface area contributed by atoms with Crippen molar-refractivity contribution < 1.29 is 14.1 Å². The van der Waals surface area contributed by atoms with Gasteiger partial charge < -0.3 is 4.74 Å². The van der Waals surface area contributed by atoms with Crippen LogP contribution in [-0.2, 0) is 6.61 Å². The van der Waals surface area contributed by atoms with Crippen LogP contribution in [0.5, 0.6) is 5.75 Å². The van der Waals surface area contributed by atoms with Gasteiger partial charge in [0.2, 0.25) is 0 Å². The van der Waals surface area contributed by atoms with Gasteiger partial charge in [-0.25, -0.2) is 4.39 Å². The lowest BCUT2D eigenvalue weighted by molar-refractivity contribution is -0.384. The third-order valence-corrected chi connectivity index (χ3v) is 3.14. The fourth-order valence-electron chi connectivity index (χ4n) is 1.65. The number of hydrogen-bond donors (Lipinski definition) is 0. The Morgan fingerprint density at radius 2 is 2.10 bits per heavy atom. The predicted molar refractivity (Wildman–Crippen MR) is 73.6 cm³/mol. The lowest BCUT2D eigenvalue weighted by Crippen LogP contribution is -1.99. The Morgan fingerprint density at radius 3 is 2.75 bits per heavy atom. The quantitative estimate of drug-likeness (QED) is 0.625. The molecule has 0 atom stereocenters. The van der Waals surface area contributed by atoms with Crippen LogP contribution in [0.25, 0.3) is 0 Å². The molecule has 2 rings (SSSR count). The fraction of sp³-hybridized carbons (Fsp3) is 0.143. The molecule has 104 valence electrons. The van der Waals surface area contributed by atoms with E-state index in [1.807, 2.05) is 0 Å². The van der Waals surface area contributed by atoms with Gasteiger partial charge in [0.05, 0.1) is 9.95 Å². The van der Waals surface area contributed by atoms with Gasteiger partial charge >= 0.3 is 0 Å². The highest BCUT2D eigenvalue weighted by Gasteiger charge is 2.11. The minimum absolute atomic E-state index is 0.0389. The van der Waals surface area contributed by atoms with E-state index < -0.39 is 10.7 Å². The first kappa shape index (κ1) is 14.3. The normalized spacial score (nSPS) is 10.3. The number of non-ortho nitro benzene ring substituents is 1. The van der Waals surface area contributed by atoms with Crippen molar-refractivity contribution in [2.45, 2.75) is 13.5 Å². The van der Waals surface area contributed by atoms with E-state index in [4.69, 9.17) is 16.3 Å². The number of nitro benzene ring substituents is 1. The van der Waals surface area contributed by atoms with Crippen LogP contribution in [0.1, 0.15) is 11.1 Å². The molecule has 0 aliphatic carbocycles. The predicted octanol–water partition coefficient (Wildman–Crippen LogP) is 4.27. The van der Waals surface area contributed by atoms with Gasteiger partial charge in [0, 0.05) is 17.7 Å². The second kappa shape index (κ2) is 5.88. The van der Waals surface area contributed by atoms with Crippen LogP contribution in [0.15, 0.2) is 36.4 Å². The standard InChI is InChI=1S/C14H11ClFNO3/c1-9-3-2-4-13(14(9)16)20-8-10-5-6-11(17(18)19)7-12(10)15/h2-7H,8H2,1H3. The summed E-state index contributed by atoms with van der Waals surface area (Å²) in [5.74, 6) is -0.301. The maximum Gasteiger partial charge on any atom is 0.270 e. The minimum Gasteiger partial charge on any atom is -0.486 e. The van der Waals surface area contributed by atoms with Crippen molar-refractivity contribution in [2.75, 3.05) is 0 Å². The van der Waals surface area contributed by atoms with Crippen molar-refractivity contribution in [3.63, 3.8) is 0 Å². The van der Waals surface area contributed by atoms with E-state index in [9.17, 15) is 14.5 Å². The van der Waals surface area contributed by atoms with Crippen LogP contribution in [0, 0.1) is 22.9 Å². The highest BCUT2D eigenvalue weighted by atomic mass is 35.5. The van der Waals surface area contributed by atoms with Gasteiger partial charge in [-0.3, -0.25) is 10.1 Å². The van der Waals surface area contributed by atoms with Crippen LogP contribution in [0.4, 0.5) is 10.1 Å². The molecule has 0 bridgehead atoms. The number of nitro groups is 1. The maximum atomic E-state index is 13.7. The maximum absolute atomic E-state index is 13.7. The van der Waals surface area contributed by atoms with Gasteiger partial charge in [0.25, 0.3) is 5.69 Å². The number of halogens is 2. The fourth-order valence-corrected chi connectivity index (χ4v) is 1.88. The van der Waals surface area contributed by atoms with Crippen molar-refractivity contribution in [3.8, 4) is 5.75 Å². The molecule has 2 aromatic rings. The van der Waals surface area contributed by atoms with Crippen molar-refractivity contribution in [1.29, 1.82) is 0 Å². The Labute approximate surface area is 119 Å². The molecule has 0 aromatic heterocycles. The van der Waals surface area contributed by atoms with E-state index >= 15 is 0 Å². The first-order chi connectivity index (χ1) is 9.49. The van der Waals surface area contributed by atoms with Crippen molar-refractivity contribution in [1.82, 2.24) is 0 Å². The number of aryl methyl sites for hydroxylation is 1. The van der Waals surface area contributed by atoms with Crippen molar-refractivity contribution in [3.05, 3.63) is 68.5 Å². The third-order valence-electron chi connectivity index (χ3n) is 2.79. The van der Waals surface area contributed by atoms with Crippen molar-refractivity contribution in [2.24, 2.45) is 0 Å². The highest BCUT2D eigenvalue weighted by molar-refractivity contribution is 6.31. The zero-order valence-electron chi connectivity index (χ0n) is 10.6. The van der Waals surface area contributed by atoms with E-state index in [0.29, 0.717) is 11.1 Å². The molecular weight excluding hydrogens is 285 g/mol. The van der Waals surface area contributed by atoms with Gasteiger partial charge in [-0.2, -0.15) is 0 Å². The average molecular weight is 296 g/mol. The molecule has 0 spiro atoms. The molecule has 0 radical (unpaired) electrons. The van der Waals surface area contributed by atoms with Gasteiger partial charge in [-0.05, 0) is 24.6 Å². The van der Waals surface area contributed by atoms with Gasteiger partial charge in [0.15, 0.2) is 11.6 Å². The molecule has 0 aliphatic rings. The third kappa shape index (κ3) is 3.05. The zero-order valence-corrected chi connectivity index (χ0v) is 11.4. The average Bonchev–Trinajstić information content (AvgIpc) is 2.41. The largest absolute Gasteiger partial charge is 0.486 e.